The highest BCUT2D eigenvalue weighted by Gasteiger charge is 2.18. The van der Waals surface area contributed by atoms with Crippen LogP contribution in [0.4, 0.5) is 0 Å². The molecule has 0 saturated heterocycles. The summed E-state index contributed by atoms with van der Waals surface area (Å²) in [6, 6.07) is 6.05. The molecule has 0 atom stereocenters. The predicted octanol–water partition coefficient (Wildman–Crippen LogP) is 3.23. The van der Waals surface area contributed by atoms with E-state index < -0.39 is 0 Å². The Morgan fingerprint density at radius 1 is 1.09 bits per heavy atom. The molecule has 22 heavy (non-hydrogen) atoms. The molecule has 0 bridgehead atoms. The lowest BCUT2D eigenvalue weighted by molar-refractivity contribution is 0.354. The number of benzene rings is 1. The van der Waals surface area contributed by atoms with Crippen molar-refractivity contribution >= 4 is 0 Å². The first-order valence-electron chi connectivity index (χ1n) is 7.55. The van der Waals surface area contributed by atoms with E-state index in [0.717, 1.165) is 36.7 Å². The topological polar surface area (TPSA) is 49.2 Å². The van der Waals surface area contributed by atoms with Crippen molar-refractivity contribution in [2.75, 3.05) is 14.2 Å². The van der Waals surface area contributed by atoms with E-state index in [-0.39, 0.29) is 5.41 Å². The van der Waals surface area contributed by atoms with Gasteiger partial charge in [0.25, 0.3) is 0 Å². The smallest absolute Gasteiger partial charge is 0.160 e. The van der Waals surface area contributed by atoms with Crippen LogP contribution in [0.25, 0.3) is 0 Å². The summed E-state index contributed by atoms with van der Waals surface area (Å²) in [6.45, 7) is 7.22. The highest BCUT2D eigenvalue weighted by atomic mass is 16.5. The van der Waals surface area contributed by atoms with E-state index in [1.807, 2.05) is 23.1 Å². The van der Waals surface area contributed by atoms with Gasteiger partial charge in [-0.2, -0.15) is 5.10 Å². The van der Waals surface area contributed by atoms with E-state index in [0.29, 0.717) is 0 Å². The Balaban J connectivity index is 1.92. The predicted molar refractivity (Wildman–Crippen MR) is 86.6 cm³/mol. The SMILES string of the molecule is COc1ccc(CCCn2cnc(C(C)(C)C)n2)cc1OC. The summed E-state index contributed by atoms with van der Waals surface area (Å²) in [5, 5.41) is 4.53. The monoisotopic (exact) mass is 303 g/mol. The maximum absolute atomic E-state index is 5.33. The highest BCUT2D eigenvalue weighted by Crippen LogP contribution is 2.28. The number of ether oxygens (including phenoxy) is 2. The van der Waals surface area contributed by atoms with Crippen LogP contribution in [0.2, 0.25) is 0 Å². The van der Waals surface area contributed by atoms with Crippen LogP contribution < -0.4 is 9.47 Å². The van der Waals surface area contributed by atoms with Crippen LogP contribution in [-0.2, 0) is 18.4 Å². The van der Waals surface area contributed by atoms with Crippen LogP contribution in [0.3, 0.4) is 0 Å². The van der Waals surface area contributed by atoms with Crippen molar-refractivity contribution in [3.05, 3.63) is 35.9 Å². The van der Waals surface area contributed by atoms with Crippen LogP contribution in [-0.4, -0.2) is 29.0 Å². The highest BCUT2D eigenvalue weighted by molar-refractivity contribution is 5.42. The van der Waals surface area contributed by atoms with E-state index in [9.17, 15) is 0 Å². The summed E-state index contributed by atoms with van der Waals surface area (Å²) in [5.41, 5.74) is 1.23. The van der Waals surface area contributed by atoms with Crippen LogP contribution >= 0.6 is 0 Å². The zero-order chi connectivity index (χ0) is 16.2. The van der Waals surface area contributed by atoms with Crippen LogP contribution in [0.1, 0.15) is 38.6 Å². The minimum atomic E-state index is -0.00536. The Kier molecular flexibility index (Phi) is 5.06. The fraction of sp³-hybridized carbons (Fsp3) is 0.529. The van der Waals surface area contributed by atoms with E-state index in [4.69, 9.17) is 9.47 Å². The minimum absolute atomic E-state index is 0.00536. The van der Waals surface area contributed by atoms with Crippen molar-refractivity contribution in [3.8, 4) is 11.5 Å². The summed E-state index contributed by atoms with van der Waals surface area (Å²) in [6.07, 6.45) is 3.78. The minimum Gasteiger partial charge on any atom is -0.493 e. The second-order valence-corrected chi connectivity index (χ2v) is 6.37. The Labute approximate surface area is 132 Å². The van der Waals surface area contributed by atoms with Crippen molar-refractivity contribution in [1.82, 2.24) is 14.8 Å². The molecule has 2 rings (SSSR count). The molecule has 120 valence electrons. The molecule has 0 spiro atoms. The third-order valence-corrected chi connectivity index (χ3v) is 3.51. The Hall–Kier alpha value is -2.04. The van der Waals surface area contributed by atoms with Crippen molar-refractivity contribution in [1.29, 1.82) is 0 Å². The third-order valence-electron chi connectivity index (χ3n) is 3.51. The zero-order valence-corrected chi connectivity index (χ0v) is 14.1. The van der Waals surface area contributed by atoms with E-state index >= 15 is 0 Å². The fourth-order valence-electron chi connectivity index (χ4n) is 2.23. The summed E-state index contributed by atoms with van der Waals surface area (Å²) in [7, 11) is 3.31. The van der Waals surface area contributed by atoms with E-state index in [2.05, 4.69) is 36.9 Å². The second kappa shape index (κ2) is 6.81. The van der Waals surface area contributed by atoms with Crippen LogP contribution in [0, 0.1) is 0 Å². The molecule has 0 fully saturated rings. The lowest BCUT2D eigenvalue weighted by Gasteiger charge is -2.12. The Morgan fingerprint density at radius 3 is 2.41 bits per heavy atom. The molecule has 0 saturated carbocycles. The largest absolute Gasteiger partial charge is 0.493 e. The quantitative estimate of drug-likeness (QED) is 0.822. The normalized spacial score (nSPS) is 11.5. The lowest BCUT2D eigenvalue weighted by Crippen LogP contribution is -2.14. The fourth-order valence-corrected chi connectivity index (χ4v) is 2.23. The molecular formula is C17H25N3O2. The summed E-state index contributed by atoms with van der Waals surface area (Å²) >= 11 is 0. The van der Waals surface area contributed by atoms with Crippen molar-refractivity contribution in [2.24, 2.45) is 0 Å². The van der Waals surface area contributed by atoms with Gasteiger partial charge < -0.3 is 9.47 Å². The summed E-state index contributed by atoms with van der Waals surface area (Å²) in [4.78, 5) is 4.38. The van der Waals surface area contributed by atoms with E-state index in [1.165, 1.54) is 5.56 Å². The summed E-state index contributed by atoms with van der Waals surface area (Å²) < 4.78 is 12.5. The molecule has 0 N–H and O–H groups in total. The first-order chi connectivity index (χ1) is 10.4. The lowest BCUT2D eigenvalue weighted by atomic mass is 9.96. The zero-order valence-electron chi connectivity index (χ0n) is 14.1. The van der Waals surface area contributed by atoms with Gasteiger partial charge >= 0.3 is 0 Å². The van der Waals surface area contributed by atoms with Crippen molar-refractivity contribution in [3.63, 3.8) is 0 Å². The second-order valence-electron chi connectivity index (χ2n) is 6.37. The number of hydrogen-bond donors (Lipinski definition) is 0. The van der Waals surface area contributed by atoms with Gasteiger partial charge in [-0.05, 0) is 30.5 Å². The molecular weight excluding hydrogens is 278 g/mol. The molecule has 0 unspecified atom stereocenters. The molecule has 0 aliphatic carbocycles. The number of hydrogen-bond acceptors (Lipinski definition) is 4. The molecule has 0 amide bonds. The molecule has 1 aromatic heterocycles. The first kappa shape index (κ1) is 16.3. The van der Waals surface area contributed by atoms with Gasteiger partial charge in [-0.25, -0.2) is 4.98 Å². The Morgan fingerprint density at radius 2 is 1.82 bits per heavy atom. The van der Waals surface area contributed by atoms with Gasteiger partial charge in [-0.3, -0.25) is 4.68 Å². The average molecular weight is 303 g/mol. The third kappa shape index (κ3) is 4.00. The van der Waals surface area contributed by atoms with Gasteiger partial charge in [0.05, 0.1) is 14.2 Å². The molecule has 2 aromatic rings. The number of nitrogens with zero attached hydrogens (tertiary/aromatic N) is 3. The number of rotatable bonds is 6. The molecule has 5 nitrogen and oxygen atoms in total. The van der Waals surface area contributed by atoms with Gasteiger partial charge in [0.2, 0.25) is 0 Å². The molecule has 0 aliphatic heterocycles. The molecule has 0 radical (unpaired) electrons. The average Bonchev–Trinajstić information content (AvgIpc) is 2.96. The maximum atomic E-state index is 5.33. The molecule has 1 aromatic carbocycles. The van der Waals surface area contributed by atoms with E-state index in [1.54, 1.807) is 14.2 Å². The maximum Gasteiger partial charge on any atom is 0.160 e. The number of aromatic nitrogens is 3. The molecule has 1 heterocycles. The van der Waals surface area contributed by atoms with Gasteiger partial charge in [0.15, 0.2) is 17.3 Å². The van der Waals surface area contributed by atoms with Crippen molar-refractivity contribution in [2.45, 2.75) is 45.6 Å². The number of aryl methyl sites for hydroxylation is 2. The number of methoxy groups -OCH3 is 2. The molecule has 0 aliphatic rings. The standard InChI is InChI=1S/C17H25N3O2/c1-17(2,3)16-18-12-20(19-16)10-6-7-13-8-9-14(21-4)15(11-13)22-5/h8-9,11-12H,6-7,10H2,1-5H3. The Bertz CT molecular complexity index is 615. The first-order valence-corrected chi connectivity index (χ1v) is 7.55. The van der Waals surface area contributed by atoms with Gasteiger partial charge in [-0.1, -0.05) is 26.8 Å². The van der Waals surface area contributed by atoms with Gasteiger partial charge in [0, 0.05) is 12.0 Å². The van der Waals surface area contributed by atoms with Crippen LogP contribution in [0.15, 0.2) is 24.5 Å². The summed E-state index contributed by atoms with van der Waals surface area (Å²) in [5.74, 6) is 2.42. The van der Waals surface area contributed by atoms with Crippen molar-refractivity contribution < 1.29 is 9.47 Å². The molecule has 5 heteroatoms. The van der Waals surface area contributed by atoms with Gasteiger partial charge in [0.1, 0.15) is 6.33 Å². The van der Waals surface area contributed by atoms with Gasteiger partial charge in [-0.15, -0.1) is 0 Å². The van der Waals surface area contributed by atoms with Crippen LogP contribution in [0.5, 0.6) is 11.5 Å².